The molecule has 0 fully saturated rings. The first-order chi connectivity index (χ1) is 14.1. The van der Waals surface area contributed by atoms with E-state index >= 15 is 0 Å². The van der Waals surface area contributed by atoms with Crippen LogP contribution in [-0.4, -0.2) is 10.2 Å². The Kier molecular flexibility index (Phi) is 5.03. The quantitative estimate of drug-likeness (QED) is 0.404. The van der Waals surface area contributed by atoms with E-state index in [9.17, 15) is 14.0 Å². The molecule has 0 unspecified atom stereocenters. The number of aromatic nitrogens is 2. The highest BCUT2D eigenvalue weighted by molar-refractivity contribution is 6.33. The lowest BCUT2D eigenvalue weighted by Gasteiger charge is -2.10. The standard InChI is InChI=1S/C23H12ClF2N3/c24-19-6-2-1-5-17(19)22-11-16(13-28-29-22)14-8-9-20(25)18(10-14)23-15(12-27)4-3-7-21(23)26/h1-11,13H. The van der Waals surface area contributed by atoms with E-state index in [4.69, 9.17) is 11.6 Å². The lowest BCUT2D eigenvalue weighted by atomic mass is 9.95. The average Bonchev–Trinajstić information content (AvgIpc) is 2.74. The molecule has 0 aliphatic heterocycles. The van der Waals surface area contributed by atoms with Gasteiger partial charge in [-0.25, -0.2) is 8.78 Å². The molecular formula is C23H12ClF2N3. The van der Waals surface area contributed by atoms with E-state index in [1.165, 1.54) is 36.5 Å². The second-order valence-electron chi connectivity index (χ2n) is 6.28. The predicted octanol–water partition coefficient (Wildman–Crippen LogP) is 6.28. The normalized spacial score (nSPS) is 10.6. The highest BCUT2D eigenvalue weighted by Crippen LogP contribution is 2.34. The van der Waals surface area contributed by atoms with Gasteiger partial charge in [-0.05, 0) is 42.0 Å². The summed E-state index contributed by atoms with van der Waals surface area (Å²) >= 11 is 6.24. The van der Waals surface area contributed by atoms with Gasteiger partial charge in [-0.3, -0.25) is 0 Å². The van der Waals surface area contributed by atoms with Crippen LogP contribution in [0.3, 0.4) is 0 Å². The number of nitrogens with zero attached hydrogens (tertiary/aromatic N) is 3. The predicted molar refractivity (Wildman–Crippen MR) is 108 cm³/mol. The van der Waals surface area contributed by atoms with Crippen molar-refractivity contribution in [2.24, 2.45) is 0 Å². The van der Waals surface area contributed by atoms with Crippen LogP contribution in [0, 0.1) is 23.0 Å². The van der Waals surface area contributed by atoms with Gasteiger partial charge in [-0.15, -0.1) is 0 Å². The summed E-state index contributed by atoms with van der Waals surface area (Å²) in [7, 11) is 0. The summed E-state index contributed by atoms with van der Waals surface area (Å²) in [5.41, 5.74) is 2.54. The van der Waals surface area contributed by atoms with Gasteiger partial charge in [0.15, 0.2) is 0 Å². The fourth-order valence-electron chi connectivity index (χ4n) is 3.11. The summed E-state index contributed by atoms with van der Waals surface area (Å²) in [5, 5.41) is 18.0. The Labute approximate surface area is 170 Å². The van der Waals surface area contributed by atoms with Crippen LogP contribution >= 0.6 is 11.6 Å². The van der Waals surface area contributed by atoms with Gasteiger partial charge in [0.1, 0.15) is 11.6 Å². The third-order valence-corrected chi connectivity index (χ3v) is 4.84. The third kappa shape index (κ3) is 3.58. The van der Waals surface area contributed by atoms with Crippen molar-refractivity contribution in [1.82, 2.24) is 10.2 Å². The van der Waals surface area contributed by atoms with E-state index in [0.717, 1.165) is 0 Å². The average molecular weight is 404 g/mol. The first-order valence-corrected chi connectivity index (χ1v) is 9.03. The maximum absolute atomic E-state index is 14.5. The zero-order valence-corrected chi connectivity index (χ0v) is 15.7. The molecule has 3 aromatic carbocycles. The summed E-state index contributed by atoms with van der Waals surface area (Å²) in [6, 6.07) is 19.3. The van der Waals surface area contributed by atoms with Crippen LogP contribution in [0.2, 0.25) is 5.02 Å². The highest BCUT2D eigenvalue weighted by Gasteiger charge is 2.16. The molecule has 140 valence electrons. The maximum Gasteiger partial charge on any atom is 0.132 e. The van der Waals surface area contributed by atoms with Crippen molar-refractivity contribution in [2.45, 2.75) is 0 Å². The summed E-state index contributed by atoms with van der Waals surface area (Å²) in [5.74, 6) is -1.28. The van der Waals surface area contributed by atoms with Crippen molar-refractivity contribution in [3.05, 3.63) is 95.1 Å². The molecule has 0 atom stereocenters. The molecule has 0 N–H and O–H groups in total. The molecule has 6 heteroatoms. The monoisotopic (exact) mass is 403 g/mol. The number of nitriles is 1. The Hall–Kier alpha value is -3.62. The first-order valence-electron chi connectivity index (χ1n) is 8.65. The number of halogens is 3. The fourth-order valence-corrected chi connectivity index (χ4v) is 3.35. The Morgan fingerprint density at radius 3 is 2.45 bits per heavy atom. The van der Waals surface area contributed by atoms with Gasteiger partial charge in [-0.2, -0.15) is 15.5 Å². The van der Waals surface area contributed by atoms with Gasteiger partial charge in [0.05, 0.1) is 28.5 Å². The number of hydrogen-bond donors (Lipinski definition) is 0. The van der Waals surface area contributed by atoms with Gasteiger partial charge in [0.2, 0.25) is 0 Å². The second kappa shape index (κ2) is 7.78. The molecule has 0 saturated heterocycles. The number of hydrogen-bond acceptors (Lipinski definition) is 3. The van der Waals surface area contributed by atoms with E-state index in [0.29, 0.717) is 27.4 Å². The van der Waals surface area contributed by atoms with Crippen LogP contribution in [-0.2, 0) is 0 Å². The van der Waals surface area contributed by atoms with Crippen molar-refractivity contribution >= 4 is 11.6 Å². The largest absolute Gasteiger partial charge is 0.206 e. The molecule has 29 heavy (non-hydrogen) atoms. The van der Waals surface area contributed by atoms with E-state index in [-0.39, 0.29) is 16.7 Å². The minimum absolute atomic E-state index is 0.00764. The van der Waals surface area contributed by atoms with Gasteiger partial charge >= 0.3 is 0 Å². The summed E-state index contributed by atoms with van der Waals surface area (Å²) in [4.78, 5) is 0. The molecule has 0 spiro atoms. The molecule has 3 nitrogen and oxygen atoms in total. The van der Waals surface area contributed by atoms with Crippen molar-refractivity contribution in [3.63, 3.8) is 0 Å². The van der Waals surface area contributed by atoms with Crippen LogP contribution in [0.15, 0.2) is 72.9 Å². The smallest absolute Gasteiger partial charge is 0.132 e. The molecule has 4 rings (SSSR count). The minimum Gasteiger partial charge on any atom is -0.206 e. The SMILES string of the molecule is N#Cc1cccc(F)c1-c1cc(-c2cnnc(-c3ccccc3Cl)c2)ccc1F. The van der Waals surface area contributed by atoms with Crippen molar-refractivity contribution in [1.29, 1.82) is 5.26 Å². The fraction of sp³-hybridized carbons (Fsp3) is 0. The molecule has 0 radical (unpaired) electrons. The molecule has 0 bridgehead atoms. The van der Waals surface area contributed by atoms with Gasteiger partial charge in [0.25, 0.3) is 0 Å². The van der Waals surface area contributed by atoms with Crippen LogP contribution in [0.1, 0.15) is 5.56 Å². The molecule has 0 saturated carbocycles. The second-order valence-corrected chi connectivity index (χ2v) is 6.69. The van der Waals surface area contributed by atoms with E-state index < -0.39 is 11.6 Å². The zero-order valence-electron chi connectivity index (χ0n) is 14.9. The maximum atomic E-state index is 14.5. The van der Waals surface area contributed by atoms with Crippen molar-refractivity contribution in [3.8, 4) is 39.6 Å². The van der Waals surface area contributed by atoms with Crippen LogP contribution in [0.5, 0.6) is 0 Å². The summed E-state index contributed by atoms with van der Waals surface area (Å²) < 4.78 is 29.0. The van der Waals surface area contributed by atoms with Crippen LogP contribution in [0.4, 0.5) is 8.78 Å². The van der Waals surface area contributed by atoms with Crippen molar-refractivity contribution in [2.75, 3.05) is 0 Å². The third-order valence-electron chi connectivity index (χ3n) is 4.51. The van der Waals surface area contributed by atoms with Crippen molar-refractivity contribution < 1.29 is 8.78 Å². The summed E-state index contributed by atoms with van der Waals surface area (Å²) in [6.07, 6.45) is 1.53. The van der Waals surface area contributed by atoms with E-state index in [2.05, 4.69) is 10.2 Å². The van der Waals surface area contributed by atoms with Gasteiger partial charge in [-0.1, -0.05) is 41.9 Å². The molecule has 1 aromatic heterocycles. The Bertz CT molecular complexity index is 1270. The molecule has 1 heterocycles. The first kappa shape index (κ1) is 18.7. The van der Waals surface area contributed by atoms with E-state index in [1.807, 2.05) is 24.3 Å². The minimum atomic E-state index is -0.662. The lowest BCUT2D eigenvalue weighted by Crippen LogP contribution is -1.95. The summed E-state index contributed by atoms with van der Waals surface area (Å²) in [6.45, 7) is 0. The lowest BCUT2D eigenvalue weighted by molar-refractivity contribution is 0.616. The molecular weight excluding hydrogens is 392 g/mol. The molecule has 4 aromatic rings. The van der Waals surface area contributed by atoms with Gasteiger partial charge in [0, 0.05) is 22.3 Å². The van der Waals surface area contributed by atoms with Crippen LogP contribution < -0.4 is 0 Å². The van der Waals surface area contributed by atoms with Crippen LogP contribution in [0.25, 0.3) is 33.5 Å². The zero-order chi connectivity index (χ0) is 20.4. The molecule has 0 aliphatic carbocycles. The topological polar surface area (TPSA) is 49.6 Å². The number of rotatable bonds is 3. The van der Waals surface area contributed by atoms with E-state index in [1.54, 1.807) is 18.2 Å². The van der Waals surface area contributed by atoms with Gasteiger partial charge < -0.3 is 0 Å². The number of benzene rings is 3. The molecule has 0 amide bonds. The molecule has 0 aliphatic rings. The Morgan fingerprint density at radius 2 is 1.66 bits per heavy atom. The Morgan fingerprint density at radius 1 is 0.828 bits per heavy atom. The Balaban J connectivity index is 1.85. The highest BCUT2D eigenvalue weighted by atomic mass is 35.5.